The van der Waals surface area contributed by atoms with Crippen LogP contribution in [0.2, 0.25) is 0 Å². The molecule has 0 aromatic carbocycles. The van der Waals surface area contributed by atoms with E-state index in [1.165, 1.54) is 11.8 Å². The van der Waals surface area contributed by atoms with Crippen LogP contribution in [0.25, 0.3) is 0 Å². The van der Waals surface area contributed by atoms with Crippen molar-refractivity contribution in [2.24, 2.45) is 0 Å². The van der Waals surface area contributed by atoms with Crippen LogP contribution in [-0.2, 0) is 9.84 Å². The van der Waals surface area contributed by atoms with E-state index in [1.54, 1.807) is 20.9 Å². The minimum Gasteiger partial charge on any atom is -0.390 e. The third kappa shape index (κ3) is 2.00. The second-order valence-corrected chi connectivity index (χ2v) is 9.08. The predicted molar refractivity (Wildman–Crippen MR) is 68.4 cm³/mol. The standard InChI is InChI=1S/C10H21NO3S2/c1-9(2,8(12)7-11-3)16(13,14)10(15-4)5-6-10/h8,11-12H,5-7H2,1-4H3. The average Bonchev–Trinajstić information content (AvgIpc) is 2.98. The van der Waals surface area contributed by atoms with Crippen LogP contribution in [0, 0.1) is 0 Å². The van der Waals surface area contributed by atoms with Gasteiger partial charge in [-0.2, -0.15) is 0 Å². The molecule has 6 heteroatoms. The zero-order chi connectivity index (χ0) is 12.6. The summed E-state index contributed by atoms with van der Waals surface area (Å²) in [6.07, 6.45) is 2.34. The molecular weight excluding hydrogens is 246 g/mol. The highest BCUT2D eigenvalue weighted by Crippen LogP contribution is 2.55. The largest absolute Gasteiger partial charge is 0.390 e. The van der Waals surface area contributed by atoms with Gasteiger partial charge in [-0.1, -0.05) is 0 Å². The molecule has 0 amide bonds. The van der Waals surface area contributed by atoms with Crippen molar-refractivity contribution < 1.29 is 13.5 Å². The number of hydrogen-bond donors (Lipinski definition) is 2. The fourth-order valence-corrected chi connectivity index (χ4v) is 5.85. The maximum absolute atomic E-state index is 12.5. The molecule has 1 aliphatic carbocycles. The van der Waals surface area contributed by atoms with Crippen molar-refractivity contribution in [1.82, 2.24) is 5.32 Å². The van der Waals surface area contributed by atoms with Crippen LogP contribution in [0.3, 0.4) is 0 Å². The predicted octanol–water partition coefficient (Wildman–Crippen LogP) is 0.613. The summed E-state index contributed by atoms with van der Waals surface area (Å²) < 4.78 is 23.2. The van der Waals surface area contributed by atoms with Crippen molar-refractivity contribution in [1.29, 1.82) is 0 Å². The number of aliphatic hydroxyl groups excluding tert-OH is 1. The van der Waals surface area contributed by atoms with Crippen molar-refractivity contribution in [2.45, 2.75) is 41.6 Å². The van der Waals surface area contributed by atoms with E-state index in [-0.39, 0.29) is 6.54 Å². The maximum atomic E-state index is 12.5. The molecule has 1 saturated carbocycles. The molecule has 0 spiro atoms. The molecule has 1 unspecified atom stereocenters. The normalized spacial score (nSPS) is 21.8. The van der Waals surface area contributed by atoms with Gasteiger partial charge >= 0.3 is 0 Å². The number of nitrogens with one attached hydrogen (secondary N) is 1. The lowest BCUT2D eigenvalue weighted by atomic mass is 10.1. The Morgan fingerprint density at radius 2 is 2.00 bits per heavy atom. The molecule has 2 N–H and O–H groups in total. The molecule has 0 aliphatic heterocycles. The summed E-state index contributed by atoms with van der Waals surface area (Å²) in [5, 5.41) is 12.8. The Morgan fingerprint density at radius 3 is 2.31 bits per heavy atom. The smallest absolute Gasteiger partial charge is 0.172 e. The summed E-state index contributed by atoms with van der Waals surface area (Å²) in [6.45, 7) is 3.51. The first kappa shape index (κ1) is 14.3. The fourth-order valence-electron chi connectivity index (χ4n) is 1.78. The summed E-state index contributed by atoms with van der Waals surface area (Å²) in [5.74, 6) is 0. The molecule has 0 saturated heterocycles. The molecule has 0 radical (unpaired) electrons. The first-order valence-electron chi connectivity index (χ1n) is 5.37. The van der Waals surface area contributed by atoms with E-state index in [0.717, 1.165) is 0 Å². The monoisotopic (exact) mass is 267 g/mol. The number of aliphatic hydroxyl groups is 1. The Hall–Kier alpha value is 0.220. The van der Waals surface area contributed by atoms with Gasteiger partial charge in [-0.05, 0) is 40.0 Å². The van der Waals surface area contributed by atoms with E-state index in [2.05, 4.69) is 5.32 Å². The van der Waals surface area contributed by atoms with E-state index in [4.69, 9.17) is 0 Å². The third-order valence-corrected chi connectivity index (χ3v) is 8.77. The lowest BCUT2D eigenvalue weighted by molar-refractivity contribution is 0.137. The SMILES string of the molecule is CNCC(O)C(C)(C)S(=O)(=O)C1(SC)CC1. The van der Waals surface area contributed by atoms with Crippen LogP contribution in [-0.4, -0.2) is 48.3 Å². The van der Waals surface area contributed by atoms with Gasteiger partial charge in [0.1, 0.15) is 4.08 Å². The first-order chi connectivity index (χ1) is 7.25. The Balaban J connectivity index is 2.99. The summed E-state index contributed by atoms with van der Waals surface area (Å²) in [5.41, 5.74) is 0. The molecule has 0 bridgehead atoms. The molecule has 1 atom stereocenters. The zero-order valence-electron chi connectivity index (χ0n) is 10.3. The van der Waals surface area contributed by atoms with Crippen molar-refractivity contribution in [2.75, 3.05) is 19.8 Å². The van der Waals surface area contributed by atoms with Crippen LogP contribution in [0.1, 0.15) is 26.7 Å². The second kappa shape index (κ2) is 4.48. The topological polar surface area (TPSA) is 66.4 Å². The molecule has 1 fully saturated rings. The minimum atomic E-state index is -3.33. The van der Waals surface area contributed by atoms with Crippen LogP contribution >= 0.6 is 11.8 Å². The number of sulfone groups is 1. The van der Waals surface area contributed by atoms with E-state index in [1.807, 2.05) is 6.26 Å². The minimum absolute atomic E-state index is 0.288. The van der Waals surface area contributed by atoms with Gasteiger partial charge in [-0.3, -0.25) is 0 Å². The lowest BCUT2D eigenvalue weighted by Crippen LogP contribution is -2.51. The van der Waals surface area contributed by atoms with E-state index < -0.39 is 24.8 Å². The van der Waals surface area contributed by atoms with E-state index in [9.17, 15) is 13.5 Å². The Bertz CT molecular complexity index is 347. The van der Waals surface area contributed by atoms with Gasteiger partial charge in [0, 0.05) is 6.54 Å². The zero-order valence-corrected chi connectivity index (χ0v) is 11.9. The van der Waals surface area contributed by atoms with Gasteiger partial charge in [-0.25, -0.2) is 8.42 Å². The van der Waals surface area contributed by atoms with Crippen molar-refractivity contribution in [3.05, 3.63) is 0 Å². The molecule has 16 heavy (non-hydrogen) atoms. The molecule has 0 heterocycles. The van der Waals surface area contributed by atoms with E-state index >= 15 is 0 Å². The third-order valence-electron chi connectivity index (χ3n) is 3.41. The van der Waals surface area contributed by atoms with Gasteiger partial charge in [0.05, 0.1) is 10.9 Å². The van der Waals surface area contributed by atoms with Crippen molar-refractivity contribution in [3.63, 3.8) is 0 Å². The number of hydrogen-bond acceptors (Lipinski definition) is 5. The fraction of sp³-hybridized carbons (Fsp3) is 1.00. The molecule has 1 aliphatic rings. The Kier molecular flexibility index (Phi) is 4.00. The van der Waals surface area contributed by atoms with Crippen LogP contribution in [0.15, 0.2) is 0 Å². The number of thioether (sulfide) groups is 1. The van der Waals surface area contributed by atoms with Gasteiger partial charge in [0.15, 0.2) is 9.84 Å². The summed E-state index contributed by atoms with van der Waals surface area (Å²) in [7, 11) is -1.62. The Labute approximate surface area is 102 Å². The number of likely N-dealkylation sites (N-methyl/N-ethyl adjacent to an activating group) is 1. The van der Waals surface area contributed by atoms with Crippen LogP contribution in [0.4, 0.5) is 0 Å². The van der Waals surface area contributed by atoms with Crippen LogP contribution in [0.5, 0.6) is 0 Å². The molecular formula is C10H21NO3S2. The molecule has 1 rings (SSSR count). The van der Waals surface area contributed by atoms with Crippen LogP contribution < -0.4 is 5.32 Å². The van der Waals surface area contributed by atoms with Gasteiger partial charge < -0.3 is 10.4 Å². The lowest BCUT2D eigenvalue weighted by Gasteiger charge is -2.33. The van der Waals surface area contributed by atoms with E-state index in [0.29, 0.717) is 12.8 Å². The van der Waals surface area contributed by atoms with Gasteiger partial charge in [-0.15, -0.1) is 11.8 Å². The second-order valence-electron chi connectivity index (χ2n) is 4.80. The molecule has 4 nitrogen and oxygen atoms in total. The summed E-state index contributed by atoms with van der Waals surface area (Å²) >= 11 is 1.39. The van der Waals surface area contributed by atoms with Gasteiger partial charge in [0.25, 0.3) is 0 Å². The highest BCUT2D eigenvalue weighted by Gasteiger charge is 2.61. The molecule has 0 aromatic heterocycles. The maximum Gasteiger partial charge on any atom is 0.172 e. The first-order valence-corrected chi connectivity index (χ1v) is 8.08. The number of rotatable bonds is 6. The van der Waals surface area contributed by atoms with Crippen molar-refractivity contribution >= 4 is 21.6 Å². The summed E-state index contributed by atoms with van der Waals surface area (Å²) in [4.78, 5) is 0. The molecule has 0 aromatic rings. The highest BCUT2D eigenvalue weighted by molar-refractivity contribution is 8.15. The summed E-state index contributed by atoms with van der Waals surface area (Å²) in [6, 6.07) is 0. The van der Waals surface area contributed by atoms with Gasteiger partial charge in [0.2, 0.25) is 0 Å². The average molecular weight is 267 g/mol. The quantitative estimate of drug-likeness (QED) is 0.738. The molecule has 96 valence electrons. The van der Waals surface area contributed by atoms with Crippen molar-refractivity contribution in [3.8, 4) is 0 Å². The highest BCUT2D eigenvalue weighted by atomic mass is 32.3. The Morgan fingerprint density at radius 1 is 1.50 bits per heavy atom.